The van der Waals surface area contributed by atoms with Crippen molar-refractivity contribution in [2.75, 3.05) is 13.1 Å². The summed E-state index contributed by atoms with van der Waals surface area (Å²) < 4.78 is 0. The number of para-hydroxylation sites is 1. The third kappa shape index (κ3) is 4.68. The van der Waals surface area contributed by atoms with Crippen molar-refractivity contribution in [2.45, 2.75) is 32.0 Å². The minimum absolute atomic E-state index is 0.406. The van der Waals surface area contributed by atoms with Gasteiger partial charge in [0, 0.05) is 36.9 Å². The van der Waals surface area contributed by atoms with Crippen LogP contribution in [0.2, 0.25) is 0 Å². The lowest BCUT2D eigenvalue weighted by atomic mass is 10.0. The van der Waals surface area contributed by atoms with Gasteiger partial charge >= 0.3 is 0 Å². The molecule has 5 heteroatoms. The SMILES string of the molecule is NC(=NCc1cc2ccccc2[nH]1)NC1CCN(Cc2ccccc2)CC1. The Kier molecular flexibility index (Phi) is 5.39. The summed E-state index contributed by atoms with van der Waals surface area (Å²) in [4.78, 5) is 10.4. The standard InChI is InChI=1S/C22H27N5/c23-22(24-15-20-14-18-8-4-5-9-21(18)25-20)26-19-10-12-27(13-11-19)16-17-6-2-1-3-7-17/h1-9,14,19,25H,10-13,15-16H2,(H3,23,24,26). The van der Waals surface area contributed by atoms with Gasteiger partial charge in [0.05, 0.1) is 6.54 Å². The third-order valence-corrected chi connectivity index (χ3v) is 5.19. The molecule has 1 aromatic heterocycles. The molecule has 1 saturated heterocycles. The number of nitrogens with zero attached hydrogens (tertiary/aromatic N) is 2. The van der Waals surface area contributed by atoms with Crippen LogP contribution in [-0.4, -0.2) is 35.0 Å². The lowest BCUT2D eigenvalue weighted by Gasteiger charge is -2.32. The van der Waals surface area contributed by atoms with Crippen LogP contribution in [0.4, 0.5) is 0 Å². The van der Waals surface area contributed by atoms with Crippen molar-refractivity contribution in [3.05, 3.63) is 71.9 Å². The molecule has 5 nitrogen and oxygen atoms in total. The first-order chi connectivity index (χ1) is 13.3. The molecule has 0 spiro atoms. The van der Waals surface area contributed by atoms with Crippen LogP contribution in [0.1, 0.15) is 24.1 Å². The Balaban J connectivity index is 1.25. The molecule has 0 saturated carbocycles. The molecule has 0 unspecified atom stereocenters. The number of benzene rings is 2. The van der Waals surface area contributed by atoms with E-state index in [2.05, 4.69) is 68.7 Å². The van der Waals surface area contributed by atoms with Crippen molar-refractivity contribution in [1.29, 1.82) is 0 Å². The summed E-state index contributed by atoms with van der Waals surface area (Å²) >= 11 is 0. The molecule has 27 heavy (non-hydrogen) atoms. The van der Waals surface area contributed by atoms with E-state index < -0.39 is 0 Å². The topological polar surface area (TPSA) is 69.4 Å². The first kappa shape index (κ1) is 17.6. The fourth-order valence-corrected chi connectivity index (χ4v) is 3.72. The van der Waals surface area contributed by atoms with Gasteiger partial charge in [-0.15, -0.1) is 0 Å². The highest BCUT2D eigenvalue weighted by atomic mass is 15.2. The van der Waals surface area contributed by atoms with Gasteiger partial charge in [0.15, 0.2) is 5.96 Å². The van der Waals surface area contributed by atoms with Crippen molar-refractivity contribution >= 4 is 16.9 Å². The number of hydrogen-bond donors (Lipinski definition) is 3. The summed E-state index contributed by atoms with van der Waals surface area (Å²) in [5.74, 6) is 0.537. The smallest absolute Gasteiger partial charge is 0.189 e. The largest absolute Gasteiger partial charge is 0.370 e. The Hall–Kier alpha value is -2.79. The summed E-state index contributed by atoms with van der Waals surface area (Å²) in [6.07, 6.45) is 2.19. The molecule has 0 amide bonds. The van der Waals surface area contributed by atoms with E-state index in [0.29, 0.717) is 18.5 Å². The Bertz CT molecular complexity index is 858. The third-order valence-electron chi connectivity index (χ3n) is 5.19. The number of H-pyrrole nitrogens is 1. The van der Waals surface area contributed by atoms with E-state index in [9.17, 15) is 0 Å². The lowest BCUT2D eigenvalue weighted by molar-refractivity contribution is 0.199. The van der Waals surface area contributed by atoms with E-state index in [0.717, 1.165) is 43.7 Å². The second-order valence-corrected chi connectivity index (χ2v) is 7.26. The van der Waals surface area contributed by atoms with E-state index in [4.69, 9.17) is 5.73 Å². The zero-order valence-electron chi connectivity index (χ0n) is 15.6. The Morgan fingerprint density at radius 2 is 1.81 bits per heavy atom. The van der Waals surface area contributed by atoms with Crippen LogP contribution in [0, 0.1) is 0 Å². The van der Waals surface area contributed by atoms with Gasteiger partial charge in [-0.1, -0.05) is 48.5 Å². The number of hydrogen-bond acceptors (Lipinski definition) is 2. The number of nitrogens with two attached hydrogens (primary N) is 1. The Morgan fingerprint density at radius 1 is 1.07 bits per heavy atom. The quantitative estimate of drug-likeness (QED) is 0.483. The van der Waals surface area contributed by atoms with Crippen LogP contribution < -0.4 is 11.1 Å². The highest BCUT2D eigenvalue weighted by Crippen LogP contribution is 2.16. The average Bonchev–Trinajstić information content (AvgIpc) is 3.12. The predicted molar refractivity (Wildman–Crippen MR) is 112 cm³/mol. The molecule has 2 heterocycles. The molecule has 2 aromatic carbocycles. The molecule has 1 fully saturated rings. The fraction of sp³-hybridized carbons (Fsp3) is 0.318. The van der Waals surface area contributed by atoms with Crippen molar-refractivity contribution in [3.63, 3.8) is 0 Å². The van der Waals surface area contributed by atoms with E-state index in [-0.39, 0.29) is 0 Å². The van der Waals surface area contributed by atoms with E-state index in [1.807, 2.05) is 12.1 Å². The normalized spacial score (nSPS) is 16.7. The van der Waals surface area contributed by atoms with Gasteiger partial charge in [0.2, 0.25) is 0 Å². The molecule has 0 bridgehead atoms. The van der Waals surface area contributed by atoms with Crippen LogP contribution in [0.3, 0.4) is 0 Å². The van der Waals surface area contributed by atoms with Gasteiger partial charge in [-0.3, -0.25) is 4.90 Å². The second-order valence-electron chi connectivity index (χ2n) is 7.26. The number of likely N-dealkylation sites (tertiary alicyclic amines) is 1. The van der Waals surface area contributed by atoms with E-state index >= 15 is 0 Å². The van der Waals surface area contributed by atoms with Crippen molar-refractivity contribution in [2.24, 2.45) is 10.7 Å². The highest BCUT2D eigenvalue weighted by Gasteiger charge is 2.19. The summed E-state index contributed by atoms with van der Waals surface area (Å²) in [6.45, 7) is 3.77. The summed E-state index contributed by atoms with van der Waals surface area (Å²) in [5, 5.41) is 4.60. The first-order valence-corrected chi connectivity index (χ1v) is 9.65. The highest BCUT2D eigenvalue weighted by molar-refractivity contribution is 5.81. The maximum Gasteiger partial charge on any atom is 0.189 e. The number of fused-ring (bicyclic) bond motifs is 1. The molecule has 0 aliphatic carbocycles. The molecule has 0 atom stereocenters. The van der Waals surface area contributed by atoms with E-state index in [1.54, 1.807) is 0 Å². The van der Waals surface area contributed by atoms with Crippen molar-refractivity contribution in [1.82, 2.24) is 15.2 Å². The predicted octanol–water partition coefficient (Wildman–Crippen LogP) is 3.24. The molecular formula is C22H27N5. The molecule has 140 valence electrons. The van der Waals surface area contributed by atoms with Gasteiger partial charge in [0.25, 0.3) is 0 Å². The van der Waals surface area contributed by atoms with Crippen molar-refractivity contribution in [3.8, 4) is 0 Å². The van der Waals surface area contributed by atoms with Gasteiger partial charge in [-0.05, 0) is 35.9 Å². The number of rotatable bonds is 5. The van der Waals surface area contributed by atoms with Gasteiger partial charge in [-0.25, -0.2) is 4.99 Å². The number of guanidine groups is 1. The molecule has 0 radical (unpaired) electrons. The molecule has 3 aromatic rings. The number of nitrogens with one attached hydrogen (secondary N) is 2. The monoisotopic (exact) mass is 361 g/mol. The second kappa shape index (κ2) is 8.27. The van der Waals surface area contributed by atoms with Crippen molar-refractivity contribution < 1.29 is 0 Å². The van der Waals surface area contributed by atoms with Gasteiger partial charge in [-0.2, -0.15) is 0 Å². The first-order valence-electron chi connectivity index (χ1n) is 9.65. The van der Waals surface area contributed by atoms with E-state index in [1.165, 1.54) is 10.9 Å². The number of piperidine rings is 1. The fourth-order valence-electron chi connectivity index (χ4n) is 3.72. The molecule has 1 aliphatic rings. The van der Waals surface area contributed by atoms with Gasteiger partial charge in [0.1, 0.15) is 0 Å². The number of aliphatic imine (C=N–C) groups is 1. The van der Waals surface area contributed by atoms with Crippen LogP contribution in [0.25, 0.3) is 10.9 Å². The minimum atomic E-state index is 0.406. The summed E-state index contributed by atoms with van der Waals surface area (Å²) in [6, 6.07) is 21.5. The lowest BCUT2D eigenvalue weighted by Crippen LogP contribution is -2.46. The maximum absolute atomic E-state index is 6.12. The Morgan fingerprint density at radius 3 is 2.59 bits per heavy atom. The molecular weight excluding hydrogens is 334 g/mol. The zero-order chi connectivity index (χ0) is 18.5. The zero-order valence-corrected chi connectivity index (χ0v) is 15.6. The maximum atomic E-state index is 6.12. The summed E-state index contributed by atoms with van der Waals surface area (Å²) in [5.41, 5.74) is 9.72. The number of aromatic nitrogens is 1. The van der Waals surface area contributed by atoms with Crippen LogP contribution in [-0.2, 0) is 13.1 Å². The minimum Gasteiger partial charge on any atom is -0.370 e. The van der Waals surface area contributed by atoms with Crippen LogP contribution in [0.15, 0.2) is 65.7 Å². The number of aromatic amines is 1. The Labute approximate surface area is 160 Å². The average molecular weight is 361 g/mol. The molecule has 4 rings (SSSR count). The molecule has 1 aliphatic heterocycles. The summed E-state index contributed by atoms with van der Waals surface area (Å²) in [7, 11) is 0. The van der Waals surface area contributed by atoms with Crippen LogP contribution in [0.5, 0.6) is 0 Å². The van der Waals surface area contributed by atoms with Crippen LogP contribution >= 0.6 is 0 Å². The molecule has 4 N–H and O–H groups in total. The van der Waals surface area contributed by atoms with Gasteiger partial charge < -0.3 is 16.0 Å².